The predicted octanol–water partition coefficient (Wildman–Crippen LogP) is -1.19. The molecule has 1 saturated heterocycles. The summed E-state index contributed by atoms with van der Waals surface area (Å²) in [5.41, 5.74) is 0. The summed E-state index contributed by atoms with van der Waals surface area (Å²) in [4.78, 5) is 22.4. The topological polar surface area (TPSA) is 86.6 Å². The summed E-state index contributed by atoms with van der Waals surface area (Å²) in [6.45, 7) is 0. The van der Waals surface area contributed by atoms with E-state index in [9.17, 15) is 14.7 Å². The van der Waals surface area contributed by atoms with Crippen molar-refractivity contribution in [3.05, 3.63) is 0 Å². The van der Waals surface area contributed by atoms with Gasteiger partial charge in [-0.3, -0.25) is 9.59 Å². The molecule has 0 unspecified atom stereocenters. The molecule has 0 aromatic rings. The number of aliphatic hydroxyl groups excluding tert-OH is 1. The van der Waals surface area contributed by atoms with Gasteiger partial charge in [-0.15, -0.1) is 0 Å². The number of nitrogens with one attached hydrogen (secondary N) is 1. The zero-order valence-corrected chi connectivity index (χ0v) is 7.38. The molecule has 1 aliphatic heterocycles. The van der Waals surface area contributed by atoms with Gasteiger partial charge in [0.2, 0.25) is 5.91 Å². The average molecular weight is 197 g/mol. The molecule has 14 heavy (non-hydrogen) atoms. The second kappa shape index (κ2) is 2.28. The Morgan fingerprint density at radius 1 is 1.43 bits per heavy atom. The molecule has 6 atom stereocenters. The fourth-order valence-electron chi connectivity index (χ4n) is 3.53. The summed E-state index contributed by atoms with van der Waals surface area (Å²) in [5, 5.41) is 21.5. The van der Waals surface area contributed by atoms with Gasteiger partial charge in [-0.25, -0.2) is 0 Å². The van der Waals surface area contributed by atoms with Crippen molar-refractivity contribution in [2.45, 2.75) is 18.6 Å². The van der Waals surface area contributed by atoms with Gasteiger partial charge in [-0.05, 0) is 12.3 Å². The van der Waals surface area contributed by atoms with Gasteiger partial charge < -0.3 is 15.5 Å². The van der Waals surface area contributed by atoms with Crippen molar-refractivity contribution in [3.63, 3.8) is 0 Å². The van der Waals surface area contributed by atoms with Gasteiger partial charge in [-0.1, -0.05) is 0 Å². The summed E-state index contributed by atoms with van der Waals surface area (Å²) in [5.74, 6) is -2.39. The Morgan fingerprint density at radius 2 is 2.14 bits per heavy atom. The Kier molecular flexibility index (Phi) is 1.34. The first-order chi connectivity index (χ1) is 6.61. The van der Waals surface area contributed by atoms with Gasteiger partial charge in [-0.2, -0.15) is 0 Å². The van der Waals surface area contributed by atoms with Crippen LogP contribution in [0.3, 0.4) is 0 Å². The van der Waals surface area contributed by atoms with Crippen LogP contribution >= 0.6 is 0 Å². The predicted molar refractivity (Wildman–Crippen MR) is 44.2 cm³/mol. The highest BCUT2D eigenvalue weighted by Crippen LogP contribution is 2.55. The zero-order valence-electron chi connectivity index (χ0n) is 7.38. The molecule has 2 saturated carbocycles. The summed E-state index contributed by atoms with van der Waals surface area (Å²) >= 11 is 0. The molecule has 0 aromatic carbocycles. The maximum absolute atomic E-state index is 11.5. The third kappa shape index (κ3) is 0.706. The molecule has 3 fully saturated rings. The minimum absolute atomic E-state index is 0.0450. The van der Waals surface area contributed by atoms with E-state index in [1.807, 2.05) is 0 Å². The molecule has 1 amide bonds. The normalized spacial score (nSPS) is 53.6. The molecule has 1 heterocycles. The first-order valence-corrected chi connectivity index (χ1v) is 4.82. The third-order valence-corrected chi connectivity index (χ3v) is 4.02. The van der Waals surface area contributed by atoms with Gasteiger partial charge >= 0.3 is 5.97 Å². The van der Waals surface area contributed by atoms with Crippen LogP contribution < -0.4 is 5.32 Å². The molecule has 3 N–H and O–H groups in total. The molecule has 76 valence electrons. The van der Waals surface area contributed by atoms with Crippen molar-refractivity contribution in [3.8, 4) is 0 Å². The van der Waals surface area contributed by atoms with Crippen LogP contribution in [0.15, 0.2) is 0 Å². The number of carbonyl (C=O) groups excluding carboxylic acids is 1. The van der Waals surface area contributed by atoms with Crippen molar-refractivity contribution >= 4 is 11.9 Å². The van der Waals surface area contributed by atoms with E-state index in [2.05, 4.69) is 5.32 Å². The number of carboxylic acids is 1. The largest absolute Gasteiger partial charge is 0.481 e. The minimum Gasteiger partial charge on any atom is -0.481 e. The van der Waals surface area contributed by atoms with Gasteiger partial charge in [0.15, 0.2) is 0 Å². The Balaban J connectivity index is 2.04. The van der Waals surface area contributed by atoms with E-state index >= 15 is 0 Å². The average Bonchev–Trinajstić information content (AvgIpc) is 2.67. The lowest BCUT2D eigenvalue weighted by molar-refractivity contribution is -0.149. The van der Waals surface area contributed by atoms with Crippen LogP contribution in [0.5, 0.6) is 0 Å². The van der Waals surface area contributed by atoms with Crippen LogP contribution in [0.25, 0.3) is 0 Å². The number of aliphatic hydroxyl groups is 1. The van der Waals surface area contributed by atoms with E-state index in [-0.39, 0.29) is 23.8 Å². The first-order valence-electron chi connectivity index (χ1n) is 4.82. The van der Waals surface area contributed by atoms with Crippen molar-refractivity contribution in [1.29, 1.82) is 0 Å². The number of aliphatic carboxylic acids is 1. The van der Waals surface area contributed by atoms with Gasteiger partial charge in [0, 0.05) is 5.92 Å². The molecule has 5 heteroatoms. The van der Waals surface area contributed by atoms with E-state index in [1.54, 1.807) is 0 Å². The highest BCUT2D eigenvalue weighted by atomic mass is 16.4. The fourth-order valence-corrected chi connectivity index (χ4v) is 3.53. The molecular formula is C9H11NO4. The molecular weight excluding hydrogens is 186 g/mol. The monoisotopic (exact) mass is 197 g/mol. The Bertz CT molecular complexity index is 329. The summed E-state index contributed by atoms with van der Waals surface area (Å²) in [6, 6.07) is -0.187. The second-order valence-corrected chi connectivity index (χ2v) is 4.48. The fraction of sp³-hybridized carbons (Fsp3) is 0.778. The Labute approximate surface area is 80.1 Å². The number of amides is 1. The SMILES string of the molecule is O=C(O)[C@@H]1[C@H]2C[C@H]3[C@H](NC(=O)[C@@H]31)[C@@H]2O. The van der Waals surface area contributed by atoms with E-state index in [0.717, 1.165) is 0 Å². The number of fused-ring (bicyclic) bond motifs is 1. The number of hydrogen-bond acceptors (Lipinski definition) is 3. The number of carbonyl (C=O) groups is 2. The third-order valence-electron chi connectivity index (χ3n) is 4.02. The van der Waals surface area contributed by atoms with Crippen LogP contribution in [-0.2, 0) is 9.59 Å². The van der Waals surface area contributed by atoms with Crippen LogP contribution in [0, 0.1) is 23.7 Å². The van der Waals surface area contributed by atoms with E-state index in [1.165, 1.54) is 0 Å². The second-order valence-electron chi connectivity index (χ2n) is 4.48. The quantitative estimate of drug-likeness (QED) is 0.493. The molecule has 2 bridgehead atoms. The smallest absolute Gasteiger partial charge is 0.307 e. The summed E-state index contributed by atoms with van der Waals surface area (Å²) in [7, 11) is 0. The maximum Gasteiger partial charge on any atom is 0.307 e. The van der Waals surface area contributed by atoms with Crippen molar-refractivity contribution in [2.75, 3.05) is 0 Å². The van der Waals surface area contributed by atoms with Crippen molar-refractivity contribution < 1.29 is 19.8 Å². The maximum atomic E-state index is 11.5. The molecule has 0 spiro atoms. The highest BCUT2D eigenvalue weighted by molar-refractivity contribution is 5.89. The lowest BCUT2D eigenvalue weighted by atomic mass is 9.78. The molecule has 2 aliphatic carbocycles. The standard InChI is InChI=1S/C9H11NO4/c11-7-3-1-2-4(5(3)9(13)14)8(12)10-6(2)7/h2-7,11H,1H2,(H,10,12)(H,13,14)/t2-,3-,4+,5-,6+,7-/m1/s1. The van der Waals surface area contributed by atoms with Gasteiger partial charge in [0.25, 0.3) is 0 Å². The van der Waals surface area contributed by atoms with Crippen LogP contribution in [-0.4, -0.2) is 34.2 Å². The van der Waals surface area contributed by atoms with Crippen molar-refractivity contribution in [1.82, 2.24) is 5.32 Å². The minimum atomic E-state index is -0.947. The number of rotatable bonds is 1. The Morgan fingerprint density at radius 3 is 2.79 bits per heavy atom. The van der Waals surface area contributed by atoms with Crippen LogP contribution in [0.4, 0.5) is 0 Å². The highest BCUT2D eigenvalue weighted by Gasteiger charge is 2.66. The van der Waals surface area contributed by atoms with E-state index in [4.69, 9.17) is 5.11 Å². The van der Waals surface area contributed by atoms with Gasteiger partial charge in [0.05, 0.1) is 24.0 Å². The lowest BCUT2D eigenvalue weighted by Crippen LogP contribution is -2.42. The zero-order chi connectivity index (χ0) is 10.0. The molecule has 0 aromatic heterocycles. The molecule has 3 aliphatic rings. The summed E-state index contributed by atoms with van der Waals surface area (Å²) in [6.07, 6.45) is 0.00968. The first kappa shape index (κ1) is 8.23. The van der Waals surface area contributed by atoms with Gasteiger partial charge in [0.1, 0.15) is 0 Å². The number of carboxylic acid groups (broad SMARTS) is 1. The molecule has 5 nitrogen and oxygen atoms in total. The number of hydrogen-bond donors (Lipinski definition) is 3. The van der Waals surface area contributed by atoms with E-state index in [0.29, 0.717) is 6.42 Å². The van der Waals surface area contributed by atoms with Crippen molar-refractivity contribution in [2.24, 2.45) is 23.7 Å². The molecule has 0 radical (unpaired) electrons. The Hall–Kier alpha value is -1.10. The summed E-state index contributed by atoms with van der Waals surface area (Å²) < 4.78 is 0. The van der Waals surface area contributed by atoms with E-state index < -0.39 is 23.9 Å². The molecule has 3 rings (SSSR count). The van der Waals surface area contributed by atoms with Crippen LogP contribution in [0.1, 0.15) is 6.42 Å². The lowest BCUT2D eigenvalue weighted by Gasteiger charge is -2.26. The van der Waals surface area contributed by atoms with Crippen LogP contribution in [0.2, 0.25) is 0 Å².